The van der Waals surface area contributed by atoms with Gasteiger partial charge in [0.25, 0.3) is 0 Å². The topological polar surface area (TPSA) is 76.3 Å². The fourth-order valence-corrected chi connectivity index (χ4v) is 3.14. The van der Waals surface area contributed by atoms with Crippen molar-refractivity contribution in [1.29, 1.82) is 0 Å². The summed E-state index contributed by atoms with van der Waals surface area (Å²) in [5, 5.41) is 0. The zero-order valence-electron chi connectivity index (χ0n) is 12.7. The van der Waals surface area contributed by atoms with Gasteiger partial charge < -0.3 is 19.0 Å². The lowest BCUT2D eigenvalue weighted by atomic mass is 10.3. The summed E-state index contributed by atoms with van der Waals surface area (Å²) >= 11 is 0. The summed E-state index contributed by atoms with van der Waals surface area (Å²) in [6, 6.07) is 26.4. The van der Waals surface area contributed by atoms with Crippen molar-refractivity contribution >= 4 is 7.82 Å². The van der Waals surface area contributed by atoms with Gasteiger partial charge in [0, 0.05) is 0 Å². The largest absolute Gasteiger partial charge is 0.647 e. The van der Waals surface area contributed by atoms with E-state index in [4.69, 9.17) is 13.6 Å². The number of para-hydroxylation sites is 3. The molecule has 24 heavy (non-hydrogen) atoms. The first-order chi connectivity index (χ1) is 11.2. The van der Waals surface area contributed by atoms with E-state index in [0.717, 1.165) is 0 Å². The molecule has 3 aromatic rings. The molecule has 0 heterocycles. The Hall–Kier alpha value is -2.75. The second-order valence-corrected chi connectivity index (χ2v) is 6.10. The van der Waals surface area contributed by atoms with Crippen LogP contribution in [0, 0.1) is 0 Å². The SMILES string of the molecule is O.O=P(Oc1ccccc1)(Oc1ccccc1)Oc1ccccc1. The van der Waals surface area contributed by atoms with Crippen LogP contribution in [0.5, 0.6) is 17.2 Å². The van der Waals surface area contributed by atoms with E-state index in [-0.39, 0.29) is 5.48 Å². The Labute approximate surface area is 140 Å². The van der Waals surface area contributed by atoms with Gasteiger partial charge in [-0.05, 0) is 36.4 Å². The maximum Gasteiger partial charge on any atom is 0.647 e. The number of hydrogen-bond donors (Lipinski definition) is 0. The molecule has 124 valence electrons. The first kappa shape index (κ1) is 17.6. The molecule has 0 aliphatic rings. The third-order valence-corrected chi connectivity index (χ3v) is 4.18. The lowest BCUT2D eigenvalue weighted by molar-refractivity contribution is 0.298. The normalized spacial score (nSPS) is 10.3. The minimum absolute atomic E-state index is 0. The quantitative estimate of drug-likeness (QED) is 0.617. The van der Waals surface area contributed by atoms with E-state index in [1.807, 2.05) is 18.2 Å². The zero-order chi connectivity index (χ0) is 16.0. The van der Waals surface area contributed by atoms with Crippen LogP contribution in [-0.2, 0) is 4.57 Å². The number of phosphoric ester groups is 1. The van der Waals surface area contributed by atoms with Crippen LogP contribution in [0.3, 0.4) is 0 Å². The summed E-state index contributed by atoms with van der Waals surface area (Å²) in [5.41, 5.74) is 0. The number of benzene rings is 3. The van der Waals surface area contributed by atoms with Crippen molar-refractivity contribution in [2.75, 3.05) is 0 Å². The second-order valence-electron chi connectivity index (χ2n) is 4.66. The first-order valence-corrected chi connectivity index (χ1v) is 8.54. The molecule has 0 amide bonds. The third-order valence-electron chi connectivity index (χ3n) is 2.88. The standard InChI is InChI=1S/C18H15O4P.H2O/c19-23(20-16-10-4-1-5-11-16,21-17-12-6-2-7-13-17)22-18-14-8-3-9-15-18;/h1-15H;1H2. The highest BCUT2D eigenvalue weighted by Gasteiger charge is 2.33. The molecule has 0 bridgehead atoms. The molecule has 0 aliphatic heterocycles. The average Bonchev–Trinajstić information content (AvgIpc) is 2.57. The minimum Gasteiger partial charge on any atom is -0.412 e. The van der Waals surface area contributed by atoms with Gasteiger partial charge in [-0.15, -0.1) is 0 Å². The molecule has 6 heteroatoms. The Kier molecular flexibility index (Phi) is 6.01. The number of phosphoric acid groups is 1. The highest BCUT2D eigenvalue weighted by molar-refractivity contribution is 7.49. The molecule has 2 N–H and O–H groups in total. The molecule has 0 spiro atoms. The van der Waals surface area contributed by atoms with E-state index < -0.39 is 7.82 Å². The molecule has 0 radical (unpaired) electrons. The molecule has 0 aromatic heterocycles. The maximum atomic E-state index is 13.1. The smallest absolute Gasteiger partial charge is 0.412 e. The Bertz CT molecular complexity index is 670. The molecule has 3 aromatic carbocycles. The molecular formula is C18H17O5P. The molecule has 3 rings (SSSR count). The predicted molar refractivity (Wildman–Crippen MR) is 92.4 cm³/mol. The van der Waals surface area contributed by atoms with Gasteiger partial charge >= 0.3 is 7.82 Å². The lowest BCUT2D eigenvalue weighted by Crippen LogP contribution is -2.07. The second kappa shape index (κ2) is 8.20. The molecule has 0 unspecified atom stereocenters. The molecule has 0 saturated carbocycles. The van der Waals surface area contributed by atoms with E-state index >= 15 is 0 Å². The Morgan fingerprint density at radius 1 is 0.500 bits per heavy atom. The average molecular weight is 344 g/mol. The van der Waals surface area contributed by atoms with E-state index in [1.54, 1.807) is 72.8 Å². The van der Waals surface area contributed by atoms with Crippen LogP contribution < -0.4 is 13.6 Å². The van der Waals surface area contributed by atoms with Crippen molar-refractivity contribution in [3.05, 3.63) is 91.0 Å². The Morgan fingerprint density at radius 3 is 1.00 bits per heavy atom. The third kappa shape index (κ3) is 4.88. The first-order valence-electron chi connectivity index (χ1n) is 7.07. The highest BCUT2D eigenvalue weighted by atomic mass is 31.2. The van der Waals surface area contributed by atoms with Crippen molar-refractivity contribution in [2.45, 2.75) is 0 Å². The van der Waals surface area contributed by atoms with Crippen LogP contribution in [0.2, 0.25) is 0 Å². The van der Waals surface area contributed by atoms with Crippen LogP contribution >= 0.6 is 7.82 Å². The van der Waals surface area contributed by atoms with Gasteiger partial charge in [0.05, 0.1) is 0 Å². The molecular weight excluding hydrogens is 327 g/mol. The molecule has 0 saturated heterocycles. The Morgan fingerprint density at radius 2 is 0.750 bits per heavy atom. The van der Waals surface area contributed by atoms with Crippen molar-refractivity contribution in [1.82, 2.24) is 0 Å². The van der Waals surface area contributed by atoms with Crippen molar-refractivity contribution in [2.24, 2.45) is 0 Å². The fourth-order valence-electron chi connectivity index (χ4n) is 1.89. The summed E-state index contributed by atoms with van der Waals surface area (Å²) in [6.45, 7) is 0. The molecule has 5 nitrogen and oxygen atoms in total. The summed E-state index contributed by atoms with van der Waals surface area (Å²) in [7, 11) is -3.89. The van der Waals surface area contributed by atoms with E-state index in [2.05, 4.69) is 0 Å². The number of rotatable bonds is 6. The highest BCUT2D eigenvalue weighted by Crippen LogP contribution is 2.49. The van der Waals surface area contributed by atoms with Crippen LogP contribution in [-0.4, -0.2) is 5.48 Å². The van der Waals surface area contributed by atoms with Crippen LogP contribution in [0.1, 0.15) is 0 Å². The lowest BCUT2D eigenvalue weighted by Gasteiger charge is -2.19. The molecule has 0 atom stereocenters. The van der Waals surface area contributed by atoms with Crippen molar-refractivity contribution in [3.63, 3.8) is 0 Å². The summed E-state index contributed by atoms with van der Waals surface area (Å²) in [4.78, 5) is 0. The maximum absolute atomic E-state index is 13.1. The summed E-state index contributed by atoms with van der Waals surface area (Å²) in [6.07, 6.45) is 0. The van der Waals surface area contributed by atoms with Gasteiger partial charge in [-0.2, -0.15) is 4.57 Å². The van der Waals surface area contributed by atoms with Gasteiger partial charge in [-0.1, -0.05) is 54.6 Å². The van der Waals surface area contributed by atoms with Gasteiger partial charge in [-0.25, -0.2) is 0 Å². The van der Waals surface area contributed by atoms with E-state index in [1.165, 1.54) is 0 Å². The van der Waals surface area contributed by atoms with E-state index in [0.29, 0.717) is 17.2 Å². The van der Waals surface area contributed by atoms with Crippen molar-refractivity contribution in [3.8, 4) is 17.2 Å². The van der Waals surface area contributed by atoms with Crippen LogP contribution in [0.25, 0.3) is 0 Å². The van der Waals surface area contributed by atoms with Gasteiger partial charge in [0.1, 0.15) is 17.2 Å². The van der Waals surface area contributed by atoms with Gasteiger partial charge in [-0.3, -0.25) is 0 Å². The zero-order valence-corrected chi connectivity index (χ0v) is 13.6. The fraction of sp³-hybridized carbons (Fsp3) is 0. The Balaban J connectivity index is 0.00000208. The van der Waals surface area contributed by atoms with Crippen LogP contribution in [0.4, 0.5) is 0 Å². The number of hydrogen-bond acceptors (Lipinski definition) is 4. The summed E-state index contributed by atoms with van der Waals surface area (Å²) in [5.74, 6) is 1.22. The monoisotopic (exact) mass is 344 g/mol. The van der Waals surface area contributed by atoms with Gasteiger partial charge in [0.2, 0.25) is 0 Å². The summed E-state index contributed by atoms with van der Waals surface area (Å²) < 4.78 is 29.6. The van der Waals surface area contributed by atoms with Crippen LogP contribution in [0.15, 0.2) is 91.0 Å². The molecule has 0 fully saturated rings. The van der Waals surface area contributed by atoms with Crippen molar-refractivity contribution < 1.29 is 23.6 Å². The predicted octanol–water partition coefficient (Wildman–Crippen LogP) is 4.51. The molecule has 0 aliphatic carbocycles. The minimum atomic E-state index is -3.89. The van der Waals surface area contributed by atoms with E-state index in [9.17, 15) is 4.57 Å². The van der Waals surface area contributed by atoms with Gasteiger partial charge in [0.15, 0.2) is 0 Å².